The maximum Gasteiger partial charge on any atom is 0.317 e. The molecule has 0 aliphatic carbocycles. The molecule has 5 nitrogen and oxygen atoms in total. The van der Waals surface area contributed by atoms with Crippen LogP contribution in [0.3, 0.4) is 0 Å². The molecule has 0 unspecified atom stereocenters. The lowest BCUT2D eigenvalue weighted by atomic mass is 10.1. The number of ether oxygens (including phenoxy) is 2. The quantitative estimate of drug-likeness (QED) is 0.842. The van der Waals surface area contributed by atoms with Gasteiger partial charge in [-0.25, -0.2) is 4.79 Å². The van der Waals surface area contributed by atoms with Crippen molar-refractivity contribution in [3.8, 4) is 11.5 Å². The van der Waals surface area contributed by atoms with Crippen LogP contribution in [0, 0.1) is 5.92 Å². The van der Waals surface area contributed by atoms with E-state index in [0.717, 1.165) is 30.9 Å². The summed E-state index contributed by atoms with van der Waals surface area (Å²) in [6, 6.07) is 7.57. The third-order valence-electron chi connectivity index (χ3n) is 4.11. The zero-order chi connectivity index (χ0) is 15.9. The van der Waals surface area contributed by atoms with Crippen molar-refractivity contribution in [2.24, 2.45) is 5.92 Å². The van der Waals surface area contributed by atoms with E-state index in [9.17, 15) is 4.79 Å². The summed E-state index contributed by atoms with van der Waals surface area (Å²) >= 11 is 0. The molecule has 0 radical (unpaired) electrons. The van der Waals surface area contributed by atoms with E-state index in [4.69, 9.17) is 9.47 Å². The zero-order valence-electron chi connectivity index (χ0n) is 13.7. The van der Waals surface area contributed by atoms with E-state index < -0.39 is 0 Å². The molecule has 1 aliphatic heterocycles. The molecular formula is C17H26N2O3. The summed E-state index contributed by atoms with van der Waals surface area (Å²) < 4.78 is 11.1. The summed E-state index contributed by atoms with van der Waals surface area (Å²) in [4.78, 5) is 13.7. The maximum atomic E-state index is 12.0. The zero-order valence-corrected chi connectivity index (χ0v) is 13.7. The third-order valence-corrected chi connectivity index (χ3v) is 4.11. The lowest BCUT2D eigenvalue weighted by molar-refractivity contribution is 0.0427. The van der Waals surface area contributed by atoms with Gasteiger partial charge >= 0.3 is 6.03 Å². The fourth-order valence-corrected chi connectivity index (χ4v) is 2.32. The highest BCUT2D eigenvalue weighted by Crippen LogP contribution is 2.28. The summed E-state index contributed by atoms with van der Waals surface area (Å²) in [6.45, 7) is 6.34. The Bertz CT molecular complexity index is 487. The molecule has 1 N–H and O–H groups in total. The minimum Gasteiger partial charge on any atom is -0.493 e. The number of benzene rings is 1. The van der Waals surface area contributed by atoms with E-state index in [1.54, 1.807) is 12.0 Å². The predicted octanol–water partition coefficient (Wildman–Crippen LogP) is 2.90. The molecule has 122 valence electrons. The Labute approximate surface area is 132 Å². The Morgan fingerprint density at radius 1 is 1.36 bits per heavy atom. The minimum atomic E-state index is 0.00294. The number of para-hydroxylation sites is 2. The van der Waals surface area contributed by atoms with Gasteiger partial charge in [-0.1, -0.05) is 32.4 Å². The number of rotatable bonds is 7. The Hall–Kier alpha value is -1.91. The van der Waals surface area contributed by atoms with Gasteiger partial charge in [0, 0.05) is 6.54 Å². The van der Waals surface area contributed by atoms with Gasteiger partial charge in [0.1, 0.15) is 6.10 Å². The van der Waals surface area contributed by atoms with Crippen LogP contribution in [0.15, 0.2) is 24.3 Å². The summed E-state index contributed by atoms with van der Waals surface area (Å²) in [5, 5.41) is 2.96. The molecule has 0 aromatic heterocycles. The van der Waals surface area contributed by atoms with Crippen molar-refractivity contribution in [2.75, 3.05) is 26.7 Å². The van der Waals surface area contributed by atoms with E-state index >= 15 is 0 Å². The Morgan fingerprint density at radius 3 is 2.68 bits per heavy atom. The van der Waals surface area contributed by atoms with Gasteiger partial charge < -0.3 is 19.7 Å². The highest BCUT2D eigenvalue weighted by Gasteiger charge is 2.32. The molecule has 0 bridgehead atoms. The average Bonchev–Trinajstić information content (AvgIpc) is 2.50. The van der Waals surface area contributed by atoms with Crippen molar-refractivity contribution in [3.05, 3.63) is 24.3 Å². The molecule has 1 atom stereocenters. The van der Waals surface area contributed by atoms with Crippen LogP contribution >= 0.6 is 0 Å². The lowest BCUT2D eigenvalue weighted by Crippen LogP contribution is -2.59. The van der Waals surface area contributed by atoms with Crippen LogP contribution in [0.25, 0.3) is 0 Å². The first kappa shape index (κ1) is 16.5. The molecule has 1 saturated heterocycles. The Morgan fingerprint density at radius 2 is 2.05 bits per heavy atom. The van der Waals surface area contributed by atoms with E-state index in [-0.39, 0.29) is 12.1 Å². The van der Waals surface area contributed by atoms with Crippen molar-refractivity contribution >= 4 is 6.03 Å². The van der Waals surface area contributed by atoms with Gasteiger partial charge in [-0.2, -0.15) is 0 Å². The van der Waals surface area contributed by atoms with Gasteiger partial charge in [-0.05, 0) is 24.5 Å². The largest absolute Gasteiger partial charge is 0.493 e. The van der Waals surface area contributed by atoms with Crippen molar-refractivity contribution in [2.45, 2.75) is 32.8 Å². The molecule has 22 heavy (non-hydrogen) atoms. The van der Waals surface area contributed by atoms with Crippen molar-refractivity contribution < 1.29 is 14.3 Å². The van der Waals surface area contributed by atoms with Crippen LogP contribution in [-0.4, -0.2) is 43.8 Å². The van der Waals surface area contributed by atoms with E-state index in [2.05, 4.69) is 19.2 Å². The molecule has 1 heterocycles. The Balaban J connectivity index is 1.70. The number of amides is 2. The molecule has 1 aliphatic rings. The lowest BCUT2D eigenvalue weighted by Gasteiger charge is -2.39. The molecule has 1 aromatic carbocycles. The summed E-state index contributed by atoms with van der Waals surface area (Å²) in [7, 11) is 1.63. The van der Waals surface area contributed by atoms with E-state index in [0.29, 0.717) is 19.0 Å². The first-order valence-electron chi connectivity index (χ1n) is 7.96. The minimum absolute atomic E-state index is 0.00294. The smallest absolute Gasteiger partial charge is 0.317 e. The fourth-order valence-electron chi connectivity index (χ4n) is 2.32. The number of nitrogens with one attached hydrogen (secondary N) is 1. The first-order valence-corrected chi connectivity index (χ1v) is 7.96. The maximum absolute atomic E-state index is 12.0. The van der Waals surface area contributed by atoms with Gasteiger partial charge in [0.15, 0.2) is 11.5 Å². The van der Waals surface area contributed by atoms with Crippen LogP contribution in [0.1, 0.15) is 26.7 Å². The van der Waals surface area contributed by atoms with Crippen molar-refractivity contribution in [1.29, 1.82) is 0 Å². The number of carbonyl (C=O) groups excluding carboxylic acids is 1. The Kier molecular flexibility index (Phi) is 5.92. The highest BCUT2D eigenvalue weighted by molar-refractivity contribution is 5.75. The molecule has 1 fully saturated rings. The van der Waals surface area contributed by atoms with Crippen molar-refractivity contribution in [3.63, 3.8) is 0 Å². The van der Waals surface area contributed by atoms with Crippen molar-refractivity contribution in [1.82, 2.24) is 10.2 Å². The van der Waals surface area contributed by atoms with Crippen LogP contribution in [0.4, 0.5) is 4.79 Å². The van der Waals surface area contributed by atoms with Crippen LogP contribution in [-0.2, 0) is 0 Å². The highest BCUT2D eigenvalue weighted by atomic mass is 16.5. The van der Waals surface area contributed by atoms with Crippen LogP contribution in [0.5, 0.6) is 11.5 Å². The third kappa shape index (κ3) is 4.29. The van der Waals surface area contributed by atoms with Gasteiger partial charge in [0.25, 0.3) is 0 Å². The van der Waals surface area contributed by atoms with E-state index in [1.165, 1.54) is 0 Å². The molecule has 1 aromatic rings. The second-order valence-electron chi connectivity index (χ2n) is 5.83. The molecule has 2 rings (SSSR count). The molecule has 0 saturated carbocycles. The normalized spacial score (nSPS) is 15.9. The topological polar surface area (TPSA) is 50.8 Å². The monoisotopic (exact) mass is 306 g/mol. The van der Waals surface area contributed by atoms with Crippen LogP contribution < -0.4 is 14.8 Å². The summed E-state index contributed by atoms with van der Waals surface area (Å²) in [5.41, 5.74) is 0. The number of carbonyl (C=O) groups is 1. The molecule has 5 heteroatoms. The standard InChI is InChI=1S/C17H26N2O3/c1-4-13(2)9-10-18-17(20)19-11-14(12-19)22-16-8-6-5-7-15(16)21-3/h5-8,13-14H,4,9-12H2,1-3H3,(H,18,20)/t13-/m1/s1. The first-order chi connectivity index (χ1) is 10.6. The van der Waals surface area contributed by atoms with Gasteiger partial charge in [-0.15, -0.1) is 0 Å². The number of nitrogens with zero attached hydrogens (tertiary/aromatic N) is 1. The van der Waals surface area contributed by atoms with Gasteiger partial charge in [0.2, 0.25) is 0 Å². The SMILES string of the molecule is CC[C@@H](C)CCNC(=O)N1CC(Oc2ccccc2OC)C1. The molecule has 2 amide bonds. The predicted molar refractivity (Wildman–Crippen MR) is 86.5 cm³/mol. The number of hydrogen-bond acceptors (Lipinski definition) is 3. The van der Waals surface area contributed by atoms with Crippen LogP contribution in [0.2, 0.25) is 0 Å². The summed E-state index contributed by atoms with van der Waals surface area (Å²) in [5.74, 6) is 2.10. The van der Waals surface area contributed by atoms with E-state index in [1.807, 2.05) is 24.3 Å². The second kappa shape index (κ2) is 7.92. The fraction of sp³-hybridized carbons (Fsp3) is 0.588. The molecule has 0 spiro atoms. The number of likely N-dealkylation sites (tertiary alicyclic amines) is 1. The average molecular weight is 306 g/mol. The van der Waals surface area contributed by atoms with Gasteiger partial charge in [-0.3, -0.25) is 0 Å². The molecular weight excluding hydrogens is 280 g/mol. The summed E-state index contributed by atoms with van der Waals surface area (Å²) in [6.07, 6.45) is 2.21. The van der Waals surface area contributed by atoms with Gasteiger partial charge in [0.05, 0.1) is 20.2 Å². The number of hydrogen-bond donors (Lipinski definition) is 1. The number of methoxy groups -OCH3 is 1. The number of urea groups is 1. The second-order valence-corrected chi connectivity index (χ2v) is 5.83.